The minimum absolute atomic E-state index is 0.000637. The fraction of sp³-hybridized carbons (Fsp3) is 0.318. The summed E-state index contributed by atoms with van der Waals surface area (Å²) in [7, 11) is 0. The average Bonchev–Trinajstić information content (AvgIpc) is 2.69. The number of nitrogens with one attached hydrogen (secondary N) is 2. The lowest BCUT2D eigenvalue weighted by Crippen LogP contribution is -2.40. The van der Waals surface area contributed by atoms with Gasteiger partial charge in [-0.05, 0) is 43.2 Å². The Hall–Kier alpha value is -2.93. The van der Waals surface area contributed by atoms with Crippen molar-refractivity contribution in [1.29, 1.82) is 0 Å². The fourth-order valence-corrected chi connectivity index (χ4v) is 3.10. The summed E-state index contributed by atoms with van der Waals surface area (Å²) >= 11 is 5.87. The number of para-hydroxylation sites is 1. The van der Waals surface area contributed by atoms with Crippen LogP contribution in [0, 0.1) is 12.7 Å². The van der Waals surface area contributed by atoms with Crippen molar-refractivity contribution in [3.8, 4) is 0 Å². The molecule has 0 aliphatic rings. The number of rotatable bonds is 9. The summed E-state index contributed by atoms with van der Waals surface area (Å²) in [6.07, 6.45) is 0.725. The number of benzene rings is 2. The molecule has 6 nitrogen and oxygen atoms in total. The average molecular weight is 434 g/mol. The number of nitrogens with zero attached hydrogens (tertiary/aromatic N) is 1. The number of hydrogen-bond donors (Lipinski definition) is 2. The van der Waals surface area contributed by atoms with E-state index in [0.717, 1.165) is 17.7 Å². The molecule has 0 saturated heterocycles. The molecule has 0 spiro atoms. The first-order valence-corrected chi connectivity index (χ1v) is 10.1. The lowest BCUT2D eigenvalue weighted by atomic mass is 10.2. The largest absolute Gasteiger partial charge is 0.351 e. The molecule has 0 saturated carbocycles. The van der Waals surface area contributed by atoms with Gasteiger partial charge < -0.3 is 15.5 Å². The summed E-state index contributed by atoms with van der Waals surface area (Å²) in [5.41, 5.74) is 1.77. The molecular weight excluding hydrogens is 409 g/mol. The summed E-state index contributed by atoms with van der Waals surface area (Å²) in [5.74, 6) is -1.56. The zero-order chi connectivity index (χ0) is 22.1. The number of amides is 3. The van der Waals surface area contributed by atoms with E-state index in [-0.39, 0.29) is 41.9 Å². The minimum atomic E-state index is -0.536. The van der Waals surface area contributed by atoms with Gasteiger partial charge in [-0.1, -0.05) is 36.7 Å². The number of carbonyl (C=O) groups is 3. The number of aryl methyl sites for hydroxylation is 1. The molecule has 30 heavy (non-hydrogen) atoms. The van der Waals surface area contributed by atoms with Crippen LogP contribution < -0.4 is 10.6 Å². The van der Waals surface area contributed by atoms with Gasteiger partial charge in [0.1, 0.15) is 5.82 Å². The SMILES string of the molecule is CCCN(CC(=O)Nc1ccccc1C)C(=O)CCNC(=O)c1ccc(F)cc1Cl. The van der Waals surface area contributed by atoms with Gasteiger partial charge in [-0.25, -0.2) is 4.39 Å². The van der Waals surface area contributed by atoms with Gasteiger partial charge in [0.05, 0.1) is 17.1 Å². The summed E-state index contributed by atoms with van der Waals surface area (Å²) in [6.45, 7) is 4.24. The molecule has 0 aromatic heterocycles. The lowest BCUT2D eigenvalue weighted by Gasteiger charge is -2.22. The Labute approximate surface area is 180 Å². The number of carbonyl (C=O) groups excluding carboxylic acids is 3. The molecule has 2 aromatic carbocycles. The lowest BCUT2D eigenvalue weighted by molar-refractivity contribution is -0.134. The van der Waals surface area contributed by atoms with E-state index in [2.05, 4.69) is 10.6 Å². The molecule has 0 aliphatic heterocycles. The van der Waals surface area contributed by atoms with E-state index >= 15 is 0 Å². The van der Waals surface area contributed by atoms with E-state index in [4.69, 9.17) is 11.6 Å². The molecule has 0 aliphatic carbocycles. The molecule has 2 aromatic rings. The molecular formula is C22H25ClFN3O3. The van der Waals surface area contributed by atoms with E-state index in [0.29, 0.717) is 18.7 Å². The maximum absolute atomic E-state index is 13.1. The monoisotopic (exact) mass is 433 g/mol. The molecule has 0 radical (unpaired) electrons. The Morgan fingerprint density at radius 1 is 1.13 bits per heavy atom. The first-order valence-electron chi connectivity index (χ1n) is 9.68. The molecule has 8 heteroatoms. The van der Waals surface area contributed by atoms with Crippen LogP contribution in [0.15, 0.2) is 42.5 Å². The molecule has 0 bridgehead atoms. The smallest absolute Gasteiger partial charge is 0.252 e. The number of anilines is 1. The normalized spacial score (nSPS) is 10.4. The van der Waals surface area contributed by atoms with E-state index in [1.165, 1.54) is 11.0 Å². The van der Waals surface area contributed by atoms with Gasteiger partial charge in [-0.3, -0.25) is 14.4 Å². The van der Waals surface area contributed by atoms with E-state index in [1.54, 1.807) is 6.07 Å². The Bertz CT molecular complexity index is 920. The predicted octanol–water partition coefficient (Wildman–Crippen LogP) is 3.78. The van der Waals surface area contributed by atoms with Crippen LogP contribution in [0.3, 0.4) is 0 Å². The van der Waals surface area contributed by atoms with Crippen LogP contribution >= 0.6 is 11.6 Å². The summed E-state index contributed by atoms with van der Waals surface area (Å²) < 4.78 is 13.1. The van der Waals surface area contributed by atoms with Crippen LogP contribution in [0.5, 0.6) is 0 Å². The van der Waals surface area contributed by atoms with Gasteiger partial charge >= 0.3 is 0 Å². The molecule has 3 amide bonds. The third-order valence-electron chi connectivity index (χ3n) is 4.40. The van der Waals surface area contributed by atoms with Gasteiger partial charge in [0.15, 0.2) is 0 Å². The van der Waals surface area contributed by atoms with E-state index in [9.17, 15) is 18.8 Å². The molecule has 0 atom stereocenters. The van der Waals surface area contributed by atoms with Gasteiger partial charge in [-0.15, -0.1) is 0 Å². The topological polar surface area (TPSA) is 78.5 Å². The summed E-state index contributed by atoms with van der Waals surface area (Å²) in [5, 5.41) is 5.41. The maximum Gasteiger partial charge on any atom is 0.252 e. The van der Waals surface area contributed by atoms with Crippen molar-refractivity contribution < 1.29 is 18.8 Å². The van der Waals surface area contributed by atoms with Crippen LogP contribution in [-0.4, -0.2) is 42.3 Å². The van der Waals surface area contributed by atoms with Crippen LogP contribution in [0.2, 0.25) is 5.02 Å². The zero-order valence-electron chi connectivity index (χ0n) is 17.0. The summed E-state index contributed by atoms with van der Waals surface area (Å²) in [4.78, 5) is 38.5. The Kier molecular flexibility index (Phi) is 8.80. The second-order valence-electron chi connectivity index (χ2n) is 6.81. The number of hydrogen-bond acceptors (Lipinski definition) is 3. The third-order valence-corrected chi connectivity index (χ3v) is 4.71. The van der Waals surface area contributed by atoms with E-state index < -0.39 is 11.7 Å². The van der Waals surface area contributed by atoms with Crippen molar-refractivity contribution in [2.75, 3.05) is 25.0 Å². The highest BCUT2D eigenvalue weighted by molar-refractivity contribution is 6.33. The molecule has 0 fully saturated rings. The molecule has 160 valence electrons. The van der Waals surface area contributed by atoms with Crippen molar-refractivity contribution in [2.45, 2.75) is 26.7 Å². The maximum atomic E-state index is 13.1. The van der Waals surface area contributed by atoms with Crippen LogP contribution in [0.25, 0.3) is 0 Å². The Balaban J connectivity index is 1.88. The second-order valence-corrected chi connectivity index (χ2v) is 7.22. The highest BCUT2D eigenvalue weighted by Crippen LogP contribution is 2.17. The van der Waals surface area contributed by atoms with Crippen LogP contribution in [-0.2, 0) is 9.59 Å². The Morgan fingerprint density at radius 3 is 2.53 bits per heavy atom. The van der Waals surface area contributed by atoms with Crippen molar-refractivity contribution in [1.82, 2.24) is 10.2 Å². The van der Waals surface area contributed by atoms with Crippen molar-refractivity contribution >= 4 is 35.0 Å². The minimum Gasteiger partial charge on any atom is -0.351 e. The van der Waals surface area contributed by atoms with Crippen molar-refractivity contribution in [3.63, 3.8) is 0 Å². The number of halogens is 2. The second kappa shape index (κ2) is 11.3. The highest BCUT2D eigenvalue weighted by Gasteiger charge is 2.18. The van der Waals surface area contributed by atoms with Gasteiger partial charge in [0.2, 0.25) is 11.8 Å². The highest BCUT2D eigenvalue weighted by atomic mass is 35.5. The summed E-state index contributed by atoms with van der Waals surface area (Å²) in [6, 6.07) is 10.9. The zero-order valence-corrected chi connectivity index (χ0v) is 17.8. The van der Waals surface area contributed by atoms with Gasteiger partial charge in [-0.2, -0.15) is 0 Å². The Morgan fingerprint density at radius 2 is 1.87 bits per heavy atom. The standard InChI is InChI=1S/C22H25ClFN3O3/c1-3-12-27(14-20(28)26-19-7-5-4-6-15(19)2)21(29)10-11-25-22(30)17-9-8-16(24)13-18(17)23/h4-9,13H,3,10-12,14H2,1-2H3,(H,25,30)(H,26,28). The first-order chi connectivity index (χ1) is 14.3. The first kappa shape index (κ1) is 23.3. The molecule has 0 unspecified atom stereocenters. The van der Waals surface area contributed by atoms with Crippen molar-refractivity contribution in [2.24, 2.45) is 0 Å². The van der Waals surface area contributed by atoms with Gasteiger partial charge in [0.25, 0.3) is 5.91 Å². The fourth-order valence-electron chi connectivity index (χ4n) is 2.85. The van der Waals surface area contributed by atoms with Crippen molar-refractivity contribution in [3.05, 3.63) is 64.4 Å². The molecule has 0 heterocycles. The quantitative estimate of drug-likeness (QED) is 0.631. The van der Waals surface area contributed by atoms with Crippen LogP contribution in [0.4, 0.5) is 10.1 Å². The van der Waals surface area contributed by atoms with Gasteiger partial charge in [0, 0.05) is 25.2 Å². The third kappa shape index (κ3) is 6.84. The van der Waals surface area contributed by atoms with E-state index in [1.807, 2.05) is 32.0 Å². The molecule has 2 N–H and O–H groups in total. The molecule has 2 rings (SSSR count). The van der Waals surface area contributed by atoms with Crippen LogP contribution in [0.1, 0.15) is 35.7 Å². The predicted molar refractivity (Wildman–Crippen MR) is 115 cm³/mol.